The lowest BCUT2D eigenvalue weighted by molar-refractivity contribution is 0.0932. The highest BCUT2D eigenvalue weighted by Gasteiger charge is 2.20. The number of nitrogens with one attached hydrogen (secondary N) is 1. The Hall–Kier alpha value is -2.86. The molecule has 7 heteroatoms. The molecule has 0 spiro atoms. The summed E-state index contributed by atoms with van der Waals surface area (Å²) < 4.78 is 10.6. The van der Waals surface area contributed by atoms with Gasteiger partial charge in [-0.05, 0) is 31.2 Å². The van der Waals surface area contributed by atoms with E-state index in [1.807, 2.05) is 24.3 Å². The van der Waals surface area contributed by atoms with Crippen LogP contribution in [0, 0.1) is 0 Å². The Bertz CT molecular complexity index is 895. The van der Waals surface area contributed by atoms with E-state index in [-0.39, 0.29) is 5.91 Å². The molecule has 3 rings (SSSR count). The number of rotatable bonds is 5. The molecule has 1 amide bonds. The van der Waals surface area contributed by atoms with Crippen molar-refractivity contribution >= 4 is 17.5 Å². The summed E-state index contributed by atoms with van der Waals surface area (Å²) in [6.45, 7) is 1.76. The predicted molar refractivity (Wildman–Crippen MR) is 93.6 cm³/mol. The van der Waals surface area contributed by atoms with Crippen LogP contribution in [0.5, 0.6) is 5.75 Å². The Morgan fingerprint density at radius 1 is 1.20 bits per heavy atom. The zero-order valence-corrected chi connectivity index (χ0v) is 14.4. The highest BCUT2D eigenvalue weighted by molar-refractivity contribution is 6.33. The second-order valence-electron chi connectivity index (χ2n) is 5.33. The van der Waals surface area contributed by atoms with Gasteiger partial charge in [0, 0.05) is 0 Å². The summed E-state index contributed by atoms with van der Waals surface area (Å²) >= 11 is 6.04. The molecule has 0 fully saturated rings. The van der Waals surface area contributed by atoms with Crippen LogP contribution in [-0.2, 0) is 0 Å². The normalized spacial score (nSPS) is 11.8. The molecule has 0 aliphatic carbocycles. The SMILES string of the molecule is COc1ccccc1-c1noc([C@@H](C)NC(=O)c2ccccc2Cl)n1. The third-order valence-corrected chi connectivity index (χ3v) is 3.96. The minimum atomic E-state index is -0.472. The Kier molecular flexibility index (Phi) is 5.00. The molecule has 0 aliphatic rings. The van der Waals surface area contributed by atoms with E-state index < -0.39 is 6.04 Å². The molecule has 1 N–H and O–H groups in total. The van der Waals surface area contributed by atoms with Gasteiger partial charge in [0.25, 0.3) is 5.91 Å². The highest BCUT2D eigenvalue weighted by atomic mass is 35.5. The number of methoxy groups -OCH3 is 1. The minimum Gasteiger partial charge on any atom is -0.496 e. The van der Waals surface area contributed by atoms with Crippen LogP contribution >= 0.6 is 11.6 Å². The lowest BCUT2D eigenvalue weighted by Crippen LogP contribution is -2.27. The van der Waals surface area contributed by atoms with E-state index in [1.165, 1.54) is 0 Å². The molecule has 2 aromatic carbocycles. The van der Waals surface area contributed by atoms with Crippen LogP contribution in [0.4, 0.5) is 0 Å². The van der Waals surface area contributed by atoms with Crippen molar-refractivity contribution in [2.24, 2.45) is 0 Å². The van der Waals surface area contributed by atoms with Gasteiger partial charge in [-0.15, -0.1) is 0 Å². The van der Waals surface area contributed by atoms with Gasteiger partial charge >= 0.3 is 0 Å². The number of aromatic nitrogens is 2. The highest BCUT2D eigenvalue weighted by Crippen LogP contribution is 2.28. The zero-order valence-electron chi connectivity index (χ0n) is 13.7. The van der Waals surface area contributed by atoms with Crippen LogP contribution in [0.25, 0.3) is 11.4 Å². The average molecular weight is 358 g/mol. The van der Waals surface area contributed by atoms with Crippen LogP contribution in [-0.4, -0.2) is 23.2 Å². The summed E-state index contributed by atoms with van der Waals surface area (Å²) in [5.41, 5.74) is 1.10. The van der Waals surface area contributed by atoms with E-state index in [1.54, 1.807) is 38.3 Å². The predicted octanol–water partition coefficient (Wildman–Crippen LogP) is 3.89. The van der Waals surface area contributed by atoms with Gasteiger partial charge in [0.2, 0.25) is 11.7 Å². The number of nitrogens with zero attached hydrogens (tertiary/aromatic N) is 2. The summed E-state index contributed by atoms with van der Waals surface area (Å²) in [7, 11) is 1.58. The van der Waals surface area contributed by atoms with Crippen molar-refractivity contribution in [2.45, 2.75) is 13.0 Å². The fraction of sp³-hybridized carbons (Fsp3) is 0.167. The molecule has 1 atom stereocenters. The second-order valence-corrected chi connectivity index (χ2v) is 5.74. The smallest absolute Gasteiger partial charge is 0.253 e. The molecule has 1 aromatic heterocycles. The van der Waals surface area contributed by atoms with Crippen molar-refractivity contribution < 1.29 is 14.1 Å². The van der Waals surface area contributed by atoms with E-state index >= 15 is 0 Å². The lowest BCUT2D eigenvalue weighted by atomic mass is 10.2. The molecule has 0 aliphatic heterocycles. The summed E-state index contributed by atoms with van der Waals surface area (Å²) in [6, 6.07) is 13.7. The minimum absolute atomic E-state index is 0.293. The van der Waals surface area contributed by atoms with Crippen LogP contribution in [0.3, 0.4) is 0 Å². The number of halogens is 1. The third kappa shape index (κ3) is 3.64. The monoisotopic (exact) mass is 357 g/mol. The van der Waals surface area contributed by atoms with Gasteiger partial charge in [-0.25, -0.2) is 0 Å². The van der Waals surface area contributed by atoms with Crippen molar-refractivity contribution in [3.63, 3.8) is 0 Å². The number of ether oxygens (including phenoxy) is 1. The van der Waals surface area contributed by atoms with Crippen LogP contribution in [0.1, 0.15) is 29.2 Å². The number of carbonyl (C=O) groups is 1. The molecule has 0 bridgehead atoms. The van der Waals surface area contributed by atoms with E-state index in [9.17, 15) is 4.79 Å². The quantitative estimate of drug-likeness (QED) is 0.749. The first-order valence-corrected chi connectivity index (χ1v) is 8.00. The molecule has 6 nitrogen and oxygen atoms in total. The number of amides is 1. The van der Waals surface area contributed by atoms with Crippen molar-refractivity contribution in [3.05, 3.63) is 65.0 Å². The van der Waals surface area contributed by atoms with Gasteiger partial charge in [-0.3, -0.25) is 4.79 Å². The molecule has 1 heterocycles. The maximum absolute atomic E-state index is 12.3. The second kappa shape index (κ2) is 7.36. The molecular weight excluding hydrogens is 342 g/mol. The van der Waals surface area contributed by atoms with Crippen molar-refractivity contribution in [2.75, 3.05) is 7.11 Å². The van der Waals surface area contributed by atoms with Crippen molar-refractivity contribution in [1.29, 1.82) is 0 Å². The van der Waals surface area contributed by atoms with Gasteiger partial charge in [0.1, 0.15) is 11.8 Å². The van der Waals surface area contributed by atoms with Gasteiger partial charge in [-0.2, -0.15) is 4.98 Å². The molecule has 128 valence electrons. The van der Waals surface area contributed by atoms with E-state index in [0.717, 1.165) is 0 Å². The van der Waals surface area contributed by atoms with E-state index in [4.69, 9.17) is 20.9 Å². The van der Waals surface area contributed by atoms with Gasteiger partial charge in [0.05, 0.1) is 23.3 Å². The zero-order chi connectivity index (χ0) is 17.8. The Labute approximate surface area is 149 Å². The Morgan fingerprint density at radius 2 is 1.92 bits per heavy atom. The molecule has 0 saturated carbocycles. The number of hydrogen-bond donors (Lipinski definition) is 1. The number of benzene rings is 2. The van der Waals surface area contributed by atoms with Crippen LogP contribution in [0.2, 0.25) is 5.02 Å². The van der Waals surface area contributed by atoms with Crippen molar-refractivity contribution in [1.82, 2.24) is 15.5 Å². The Balaban J connectivity index is 1.78. The summed E-state index contributed by atoms with van der Waals surface area (Å²) in [5, 5.41) is 7.15. The average Bonchev–Trinajstić information content (AvgIpc) is 3.12. The molecule has 0 unspecified atom stereocenters. The number of para-hydroxylation sites is 1. The first kappa shape index (κ1) is 17.0. The van der Waals surface area contributed by atoms with Gasteiger partial charge < -0.3 is 14.6 Å². The van der Waals surface area contributed by atoms with E-state index in [2.05, 4.69) is 15.5 Å². The standard InChI is InChI=1S/C18H16ClN3O3/c1-11(20-17(23)12-7-3-5-9-14(12)19)18-21-16(22-25-18)13-8-4-6-10-15(13)24-2/h3-11H,1-2H3,(H,20,23)/t11-/m1/s1. The first-order chi connectivity index (χ1) is 12.1. The fourth-order valence-electron chi connectivity index (χ4n) is 2.33. The summed E-state index contributed by atoms with van der Waals surface area (Å²) in [4.78, 5) is 16.7. The molecule has 25 heavy (non-hydrogen) atoms. The first-order valence-electron chi connectivity index (χ1n) is 7.62. The number of hydrogen-bond acceptors (Lipinski definition) is 5. The largest absolute Gasteiger partial charge is 0.496 e. The molecule has 3 aromatic rings. The molecule has 0 radical (unpaired) electrons. The Morgan fingerprint density at radius 3 is 2.68 bits per heavy atom. The number of carbonyl (C=O) groups excluding carboxylic acids is 1. The van der Waals surface area contributed by atoms with Crippen molar-refractivity contribution in [3.8, 4) is 17.1 Å². The maximum atomic E-state index is 12.3. The third-order valence-electron chi connectivity index (χ3n) is 3.63. The fourth-order valence-corrected chi connectivity index (χ4v) is 2.55. The summed E-state index contributed by atoms with van der Waals surface area (Å²) in [6.07, 6.45) is 0. The lowest BCUT2D eigenvalue weighted by Gasteiger charge is -2.10. The van der Waals surface area contributed by atoms with Crippen LogP contribution in [0.15, 0.2) is 53.1 Å². The molecule has 0 saturated heterocycles. The summed E-state index contributed by atoms with van der Waals surface area (Å²) in [5.74, 6) is 1.02. The van der Waals surface area contributed by atoms with Gasteiger partial charge in [0.15, 0.2) is 0 Å². The topological polar surface area (TPSA) is 77.3 Å². The maximum Gasteiger partial charge on any atom is 0.253 e. The van der Waals surface area contributed by atoms with Gasteiger partial charge in [-0.1, -0.05) is 41.0 Å². The van der Waals surface area contributed by atoms with E-state index in [0.29, 0.717) is 33.6 Å². The van der Waals surface area contributed by atoms with Crippen LogP contribution < -0.4 is 10.1 Å². The molecular formula is C18H16ClN3O3.